The van der Waals surface area contributed by atoms with E-state index in [0.29, 0.717) is 5.56 Å². The molecule has 0 radical (unpaired) electrons. The van der Waals surface area contributed by atoms with Gasteiger partial charge in [-0.3, -0.25) is 9.59 Å². The summed E-state index contributed by atoms with van der Waals surface area (Å²) in [4.78, 5) is 28.4. The minimum Gasteiger partial charge on any atom is -0.496 e. The lowest BCUT2D eigenvalue weighted by atomic mass is 10.2. The maximum atomic E-state index is 14.9. The van der Waals surface area contributed by atoms with Crippen molar-refractivity contribution in [1.82, 2.24) is 0 Å². The molecule has 0 spiro atoms. The fourth-order valence-electron chi connectivity index (χ4n) is 3.81. The van der Waals surface area contributed by atoms with Crippen molar-refractivity contribution in [2.45, 2.75) is 13.8 Å². The molecule has 0 atom stereocenters. The van der Waals surface area contributed by atoms with Gasteiger partial charge in [0.2, 0.25) is 18.2 Å². The van der Waals surface area contributed by atoms with E-state index in [0.717, 1.165) is 5.56 Å². The molecule has 0 saturated heterocycles. The molecule has 178 valence electrons. The molecular formula is C26H27O7P. The van der Waals surface area contributed by atoms with E-state index >= 15 is 0 Å². The van der Waals surface area contributed by atoms with Crippen LogP contribution in [0.15, 0.2) is 54.6 Å². The van der Waals surface area contributed by atoms with Crippen LogP contribution < -0.4 is 24.3 Å². The fourth-order valence-corrected chi connectivity index (χ4v) is 6.46. The molecule has 0 aromatic heterocycles. The Bertz CT molecular complexity index is 1180. The zero-order valence-corrected chi connectivity index (χ0v) is 20.9. The van der Waals surface area contributed by atoms with Crippen LogP contribution in [0.25, 0.3) is 0 Å². The summed E-state index contributed by atoms with van der Waals surface area (Å²) in [6, 6.07) is 14.7. The number of hydrogen-bond donors (Lipinski definition) is 0. The summed E-state index contributed by atoms with van der Waals surface area (Å²) in [5, 5.41) is 0.142. The number of aryl methyl sites for hydroxylation is 2. The van der Waals surface area contributed by atoms with Crippen molar-refractivity contribution in [2.75, 3.05) is 28.4 Å². The Morgan fingerprint density at radius 3 is 1.38 bits per heavy atom. The number of carbonyl (C=O) groups is 2. The van der Waals surface area contributed by atoms with E-state index in [4.69, 9.17) is 18.9 Å². The van der Waals surface area contributed by atoms with Gasteiger partial charge in [0.25, 0.3) is 0 Å². The molecule has 0 amide bonds. The highest BCUT2D eigenvalue weighted by Gasteiger charge is 2.47. The molecule has 0 bridgehead atoms. The summed E-state index contributed by atoms with van der Waals surface area (Å²) in [6.07, 6.45) is 0. The van der Waals surface area contributed by atoms with Crippen LogP contribution in [0.5, 0.6) is 23.0 Å². The summed E-state index contributed by atoms with van der Waals surface area (Å²) >= 11 is 0. The van der Waals surface area contributed by atoms with Gasteiger partial charge in [0, 0.05) is 5.30 Å². The average molecular weight is 482 g/mol. The van der Waals surface area contributed by atoms with Crippen molar-refractivity contribution < 1.29 is 33.1 Å². The molecule has 3 aromatic carbocycles. The minimum atomic E-state index is -4.52. The molecule has 8 heteroatoms. The molecule has 3 aromatic rings. The van der Waals surface area contributed by atoms with Crippen LogP contribution in [0, 0.1) is 13.8 Å². The number of methoxy groups -OCH3 is 4. The van der Waals surface area contributed by atoms with Crippen LogP contribution in [-0.2, 0) is 4.57 Å². The van der Waals surface area contributed by atoms with E-state index in [9.17, 15) is 14.2 Å². The van der Waals surface area contributed by atoms with Crippen molar-refractivity contribution in [3.8, 4) is 23.0 Å². The third kappa shape index (κ3) is 4.19. The van der Waals surface area contributed by atoms with E-state index < -0.39 is 18.2 Å². The Kier molecular flexibility index (Phi) is 7.48. The quantitative estimate of drug-likeness (QED) is 0.396. The SMILES string of the molecule is COc1cccc(OC)c1C(=O)P(=O)(C(=O)c1c(OC)cccc1OC)c1cc(C)ccc1C. The highest BCUT2D eigenvalue weighted by Crippen LogP contribution is 2.56. The predicted octanol–water partition coefficient (Wildman–Crippen LogP) is 5.01. The zero-order valence-electron chi connectivity index (χ0n) is 20.0. The van der Waals surface area contributed by atoms with Crippen LogP contribution in [0.4, 0.5) is 0 Å². The fraction of sp³-hybridized carbons (Fsp3) is 0.231. The molecule has 3 rings (SSSR count). The van der Waals surface area contributed by atoms with Gasteiger partial charge in [0.15, 0.2) is 0 Å². The van der Waals surface area contributed by atoms with Crippen LogP contribution in [0.2, 0.25) is 0 Å². The van der Waals surface area contributed by atoms with Crippen molar-refractivity contribution in [3.05, 3.63) is 76.9 Å². The van der Waals surface area contributed by atoms with Gasteiger partial charge in [-0.15, -0.1) is 0 Å². The van der Waals surface area contributed by atoms with Crippen molar-refractivity contribution in [3.63, 3.8) is 0 Å². The first kappa shape index (κ1) is 25.1. The summed E-state index contributed by atoms with van der Waals surface area (Å²) in [6.45, 7) is 3.51. The van der Waals surface area contributed by atoms with Gasteiger partial charge in [-0.05, 0) is 49.7 Å². The largest absolute Gasteiger partial charge is 0.496 e. The van der Waals surface area contributed by atoms with Gasteiger partial charge in [-0.2, -0.15) is 0 Å². The second-order valence-electron chi connectivity index (χ2n) is 7.58. The van der Waals surface area contributed by atoms with Crippen molar-refractivity contribution >= 4 is 23.5 Å². The van der Waals surface area contributed by atoms with Gasteiger partial charge in [0.1, 0.15) is 34.1 Å². The number of rotatable bonds is 9. The lowest BCUT2D eigenvalue weighted by molar-refractivity contribution is 0.103. The number of ether oxygens (including phenoxy) is 4. The molecule has 0 heterocycles. The van der Waals surface area contributed by atoms with Gasteiger partial charge < -0.3 is 23.5 Å². The van der Waals surface area contributed by atoms with E-state index in [1.54, 1.807) is 62.4 Å². The lowest BCUT2D eigenvalue weighted by Gasteiger charge is -2.22. The lowest BCUT2D eigenvalue weighted by Crippen LogP contribution is -2.24. The second kappa shape index (κ2) is 10.1. The van der Waals surface area contributed by atoms with Crippen molar-refractivity contribution in [2.24, 2.45) is 0 Å². The smallest absolute Gasteiger partial charge is 0.249 e. The zero-order chi connectivity index (χ0) is 25.0. The average Bonchev–Trinajstić information content (AvgIpc) is 2.87. The molecule has 0 fully saturated rings. The Labute approximate surface area is 199 Å². The van der Waals surface area contributed by atoms with Gasteiger partial charge in [-0.25, -0.2) is 0 Å². The van der Waals surface area contributed by atoms with E-state index in [-0.39, 0.29) is 39.4 Å². The first-order valence-corrected chi connectivity index (χ1v) is 12.1. The predicted molar refractivity (Wildman–Crippen MR) is 131 cm³/mol. The standard InChI is InChI=1S/C26H27O7P/c1-16-13-14-17(2)22(15-16)34(29,25(27)23-18(30-3)9-7-10-19(23)31-4)26(28)24-20(32-5)11-8-12-21(24)33-6/h7-15H,1-6H3. The second-order valence-corrected chi connectivity index (χ2v) is 10.1. The molecule has 0 N–H and O–H groups in total. The number of benzene rings is 3. The van der Waals surface area contributed by atoms with E-state index in [2.05, 4.69) is 0 Å². The van der Waals surface area contributed by atoms with Crippen LogP contribution >= 0.6 is 7.14 Å². The topological polar surface area (TPSA) is 88.1 Å². The van der Waals surface area contributed by atoms with Crippen LogP contribution in [0.1, 0.15) is 31.8 Å². The summed E-state index contributed by atoms with van der Waals surface area (Å²) in [5.41, 5.74) is -0.640. The molecular weight excluding hydrogens is 455 g/mol. The van der Waals surface area contributed by atoms with Crippen LogP contribution in [0.3, 0.4) is 0 Å². The first-order chi connectivity index (χ1) is 16.2. The van der Waals surface area contributed by atoms with Crippen molar-refractivity contribution in [1.29, 1.82) is 0 Å². The first-order valence-electron chi connectivity index (χ1n) is 10.4. The molecule has 34 heavy (non-hydrogen) atoms. The third-order valence-corrected chi connectivity index (χ3v) is 8.31. The number of hydrogen-bond acceptors (Lipinski definition) is 7. The van der Waals surface area contributed by atoms with Gasteiger partial charge >= 0.3 is 0 Å². The molecule has 7 nitrogen and oxygen atoms in total. The summed E-state index contributed by atoms with van der Waals surface area (Å²) in [7, 11) is 1.03. The van der Waals surface area contributed by atoms with Crippen LogP contribution in [-0.4, -0.2) is 39.5 Å². The minimum absolute atomic E-state index is 0.0704. The van der Waals surface area contributed by atoms with Gasteiger partial charge in [-0.1, -0.05) is 29.8 Å². The maximum absolute atomic E-state index is 14.9. The Morgan fingerprint density at radius 1 is 0.647 bits per heavy atom. The maximum Gasteiger partial charge on any atom is 0.249 e. The molecule has 0 aliphatic rings. The normalized spacial score (nSPS) is 11.0. The molecule has 0 unspecified atom stereocenters. The summed E-state index contributed by atoms with van der Waals surface area (Å²) in [5.74, 6) is 0.591. The highest BCUT2D eigenvalue weighted by atomic mass is 31.2. The summed E-state index contributed by atoms with van der Waals surface area (Å²) < 4.78 is 36.5. The third-order valence-electron chi connectivity index (χ3n) is 5.56. The van der Waals surface area contributed by atoms with E-state index in [1.165, 1.54) is 28.4 Å². The van der Waals surface area contributed by atoms with E-state index in [1.807, 2.05) is 6.07 Å². The molecule has 0 saturated carbocycles. The Hall–Kier alpha value is -3.57. The van der Waals surface area contributed by atoms with Gasteiger partial charge in [0.05, 0.1) is 28.4 Å². The molecule has 0 aliphatic heterocycles. The highest BCUT2D eigenvalue weighted by molar-refractivity contribution is 8.01. The molecule has 0 aliphatic carbocycles. The Balaban J connectivity index is 2.42. The number of carbonyl (C=O) groups excluding carboxylic acids is 2. The Morgan fingerprint density at radius 2 is 1.03 bits per heavy atom. The monoisotopic (exact) mass is 482 g/mol.